The number of aromatic nitrogens is 2. The number of imide groups is 1. The second-order valence-corrected chi connectivity index (χ2v) is 4.73. The van der Waals surface area contributed by atoms with E-state index in [2.05, 4.69) is 9.97 Å². The van der Waals surface area contributed by atoms with Crippen molar-refractivity contribution in [3.63, 3.8) is 0 Å². The molecule has 18 heavy (non-hydrogen) atoms. The summed E-state index contributed by atoms with van der Waals surface area (Å²) in [6.07, 6.45) is 0. The van der Waals surface area contributed by atoms with Crippen molar-refractivity contribution in [3.8, 4) is 0 Å². The Morgan fingerprint density at radius 1 is 1.50 bits per heavy atom. The fourth-order valence-corrected chi connectivity index (χ4v) is 2.16. The third-order valence-electron chi connectivity index (χ3n) is 2.22. The maximum atomic E-state index is 11.2. The molecule has 0 bridgehead atoms. The number of carbonyl (C=O) groups excluding carboxylic acids is 2. The summed E-state index contributed by atoms with van der Waals surface area (Å²) >= 11 is 1.22. The lowest BCUT2D eigenvalue weighted by Gasteiger charge is -1.97. The molecule has 94 valence electrons. The topological polar surface area (TPSA) is 101 Å². The van der Waals surface area contributed by atoms with Gasteiger partial charge in [0.1, 0.15) is 0 Å². The number of rotatable bonds is 3. The number of imidazole rings is 1. The molecular formula is C11H12N4O2S. The molecule has 0 aliphatic heterocycles. The first-order valence-corrected chi connectivity index (χ1v) is 6.21. The Bertz CT molecular complexity index is 608. The second-order valence-electron chi connectivity index (χ2n) is 3.76. The number of amides is 3. The highest BCUT2D eigenvalue weighted by Gasteiger charge is 2.08. The van der Waals surface area contributed by atoms with Crippen LogP contribution in [0.4, 0.5) is 4.79 Å². The average molecular weight is 264 g/mol. The first kappa shape index (κ1) is 12.4. The van der Waals surface area contributed by atoms with Crippen LogP contribution < -0.4 is 11.1 Å². The molecule has 0 unspecified atom stereocenters. The van der Waals surface area contributed by atoms with Gasteiger partial charge in [-0.1, -0.05) is 17.8 Å². The Morgan fingerprint density at radius 3 is 3.00 bits per heavy atom. The molecule has 4 N–H and O–H groups in total. The zero-order valence-corrected chi connectivity index (χ0v) is 10.5. The standard InChI is InChI=1S/C11H12N4O2S/c1-6-2-3-7-8(4-6)14-11(13-7)18-5-9(16)15-10(12)17/h2-4H,5H2,1H3,(H,13,14)(H3,12,15,16,17). The number of nitrogens with one attached hydrogen (secondary N) is 2. The van der Waals surface area contributed by atoms with E-state index in [-0.39, 0.29) is 5.75 Å². The van der Waals surface area contributed by atoms with E-state index in [1.54, 1.807) is 0 Å². The van der Waals surface area contributed by atoms with Crippen LogP contribution in [0.5, 0.6) is 0 Å². The summed E-state index contributed by atoms with van der Waals surface area (Å²) < 4.78 is 0. The first-order chi connectivity index (χ1) is 8.54. The van der Waals surface area contributed by atoms with Gasteiger partial charge < -0.3 is 10.7 Å². The molecule has 0 saturated carbocycles. The quantitative estimate of drug-likeness (QED) is 0.724. The van der Waals surface area contributed by atoms with E-state index in [4.69, 9.17) is 5.73 Å². The molecule has 2 rings (SSSR count). The van der Waals surface area contributed by atoms with Gasteiger partial charge in [0.25, 0.3) is 0 Å². The molecule has 0 aliphatic rings. The summed E-state index contributed by atoms with van der Waals surface area (Å²) in [6, 6.07) is 5.02. The Hall–Kier alpha value is -2.02. The number of carbonyl (C=O) groups is 2. The molecule has 0 aliphatic carbocycles. The zero-order valence-electron chi connectivity index (χ0n) is 9.69. The zero-order chi connectivity index (χ0) is 13.1. The van der Waals surface area contributed by atoms with E-state index in [9.17, 15) is 9.59 Å². The Balaban J connectivity index is 2.04. The summed E-state index contributed by atoms with van der Waals surface area (Å²) in [7, 11) is 0. The Morgan fingerprint density at radius 2 is 2.28 bits per heavy atom. The van der Waals surface area contributed by atoms with Crippen molar-refractivity contribution in [1.29, 1.82) is 0 Å². The van der Waals surface area contributed by atoms with Crippen LogP contribution in [0.2, 0.25) is 0 Å². The van der Waals surface area contributed by atoms with Crippen LogP contribution >= 0.6 is 11.8 Å². The number of thioether (sulfide) groups is 1. The molecule has 0 radical (unpaired) electrons. The van der Waals surface area contributed by atoms with E-state index in [1.165, 1.54) is 11.8 Å². The number of hydrogen-bond donors (Lipinski definition) is 3. The molecule has 7 heteroatoms. The van der Waals surface area contributed by atoms with Crippen molar-refractivity contribution in [1.82, 2.24) is 15.3 Å². The number of fused-ring (bicyclic) bond motifs is 1. The van der Waals surface area contributed by atoms with Crippen LogP contribution in [-0.4, -0.2) is 27.7 Å². The number of nitrogens with zero attached hydrogens (tertiary/aromatic N) is 1. The maximum Gasteiger partial charge on any atom is 0.318 e. The molecule has 1 aromatic heterocycles. The predicted octanol–water partition coefficient (Wildman–Crippen LogP) is 1.16. The fourth-order valence-electron chi connectivity index (χ4n) is 1.48. The van der Waals surface area contributed by atoms with Gasteiger partial charge in [-0.15, -0.1) is 0 Å². The minimum Gasteiger partial charge on any atom is -0.351 e. The van der Waals surface area contributed by atoms with Gasteiger partial charge in [-0.05, 0) is 24.6 Å². The van der Waals surface area contributed by atoms with Crippen molar-refractivity contribution in [2.45, 2.75) is 12.1 Å². The lowest BCUT2D eigenvalue weighted by molar-refractivity contribution is -0.117. The maximum absolute atomic E-state index is 11.2. The van der Waals surface area contributed by atoms with Gasteiger partial charge in [0.15, 0.2) is 5.16 Å². The molecule has 2 aromatic rings. The smallest absolute Gasteiger partial charge is 0.318 e. The van der Waals surface area contributed by atoms with Crippen LogP contribution in [0.1, 0.15) is 5.56 Å². The van der Waals surface area contributed by atoms with Crippen LogP contribution in [0.15, 0.2) is 23.4 Å². The number of nitrogens with two attached hydrogens (primary N) is 1. The van der Waals surface area contributed by atoms with Crippen molar-refractivity contribution >= 4 is 34.7 Å². The minimum atomic E-state index is -0.846. The molecular weight excluding hydrogens is 252 g/mol. The third-order valence-corrected chi connectivity index (χ3v) is 3.09. The Kier molecular flexibility index (Phi) is 3.52. The van der Waals surface area contributed by atoms with Gasteiger partial charge in [-0.2, -0.15) is 0 Å². The summed E-state index contributed by atoms with van der Waals surface area (Å²) in [5.41, 5.74) is 7.74. The Labute approximate surface area is 107 Å². The van der Waals surface area contributed by atoms with Crippen LogP contribution in [-0.2, 0) is 4.79 Å². The summed E-state index contributed by atoms with van der Waals surface area (Å²) in [6.45, 7) is 1.99. The number of H-pyrrole nitrogens is 1. The highest BCUT2D eigenvalue weighted by molar-refractivity contribution is 7.99. The van der Waals surface area contributed by atoms with E-state index < -0.39 is 11.9 Å². The van der Waals surface area contributed by atoms with Crippen molar-refractivity contribution in [3.05, 3.63) is 23.8 Å². The lowest BCUT2D eigenvalue weighted by Crippen LogP contribution is -2.36. The molecule has 1 heterocycles. The van der Waals surface area contributed by atoms with Crippen LogP contribution in [0.25, 0.3) is 11.0 Å². The van der Waals surface area contributed by atoms with Crippen LogP contribution in [0, 0.1) is 6.92 Å². The summed E-state index contributed by atoms with van der Waals surface area (Å²) in [4.78, 5) is 29.1. The molecule has 1 aromatic carbocycles. The number of primary amides is 1. The average Bonchev–Trinajstić information content (AvgIpc) is 2.67. The first-order valence-electron chi connectivity index (χ1n) is 5.23. The second kappa shape index (κ2) is 5.09. The van der Waals surface area contributed by atoms with Gasteiger partial charge in [0.05, 0.1) is 16.8 Å². The van der Waals surface area contributed by atoms with Crippen LogP contribution in [0.3, 0.4) is 0 Å². The molecule has 0 atom stereocenters. The van der Waals surface area contributed by atoms with E-state index in [0.29, 0.717) is 5.16 Å². The lowest BCUT2D eigenvalue weighted by atomic mass is 10.2. The number of aryl methyl sites for hydroxylation is 1. The van der Waals surface area contributed by atoms with Crippen molar-refractivity contribution in [2.75, 3.05) is 5.75 Å². The number of aromatic amines is 1. The van der Waals surface area contributed by atoms with Gasteiger partial charge in [-0.3, -0.25) is 10.1 Å². The molecule has 3 amide bonds. The van der Waals surface area contributed by atoms with E-state index in [1.807, 2.05) is 30.4 Å². The molecule has 0 fully saturated rings. The van der Waals surface area contributed by atoms with Gasteiger partial charge >= 0.3 is 6.03 Å². The summed E-state index contributed by atoms with van der Waals surface area (Å²) in [5.74, 6) is -0.356. The highest BCUT2D eigenvalue weighted by atomic mass is 32.2. The molecule has 0 spiro atoms. The largest absolute Gasteiger partial charge is 0.351 e. The van der Waals surface area contributed by atoms with E-state index >= 15 is 0 Å². The number of hydrogen-bond acceptors (Lipinski definition) is 4. The number of urea groups is 1. The van der Waals surface area contributed by atoms with Crippen molar-refractivity contribution < 1.29 is 9.59 Å². The van der Waals surface area contributed by atoms with E-state index in [0.717, 1.165) is 16.6 Å². The fraction of sp³-hybridized carbons (Fsp3) is 0.182. The van der Waals surface area contributed by atoms with Gasteiger partial charge in [0, 0.05) is 0 Å². The minimum absolute atomic E-state index is 0.0851. The SMILES string of the molecule is Cc1ccc2nc(SCC(=O)NC(N)=O)[nH]c2c1. The molecule has 0 saturated heterocycles. The molecule has 6 nitrogen and oxygen atoms in total. The van der Waals surface area contributed by atoms with Gasteiger partial charge in [0.2, 0.25) is 5.91 Å². The monoisotopic (exact) mass is 264 g/mol. The normalized spacial score (nSPS) is 10.5. The van der Waals surface area contributed by atoms with Crippen molar-refractivity contribution in [2.24, 2.45) is 5.73 Å². The highest BCUT2D eigenvalue weighted by Crippen LogP contribution is 2.19. The predicted molar refractivity (Wildman–Crippen MR) is 69.3 cm³/mol. The third kappa shape index (κ3) is 3.01. The van der Waals surface area contributed by atoms with Gasteiger partial charge in [-0.25, -0.2) is 9.78 Å². The number of benzene rings is 1. The summed E-state index contributed by atoms with van der Waals surface area (Å²) in [5, 5.41) is 2.63.